The molecule has 0 unspecified atom stereocenters. The summed E-state index contributed by atoms with van der Waals surface area (Å²) in [5.74, 6) is 0. The lowest BCUT2D eigenvalue weighted by atomic mass is 9.83. The Hall–Kier alpha value is -0.628. The molecule has 7 heteroatoms. The summed E-state index contributed by atoms with van der Waals surface area (Å²) in [4.78, 5) is 0. The molecule has 1 aliphatic carbocycles. The maximum atomic E-state index is 9.17. The number of rotatable bonds is 4. The van der Waals surface area contributed by atoms with Crippen molar-refractivity contribution in [2.45, 2.75) is 76.7 Å². The number of hydrogen-bond donors (Lipinski definition) is 2. The minimum absolute atomic E-state index is 0.248. The summed E-state index contributed by atoms with van der Waals surface area (Å²) in [6, 6.07) is 0.340. The van der Waals surface area contributed by atoms with E-state index in [1.54, 1.807) is 6.20 Å². The van der Waals surface area contributed by atoms with Crippen LogP contribution in [-0.4, -0.2) is 41.4 Å². The Bertz CT molecular complexity index is 491. The molecular formula is C15H29BN2O3Si. The first-order valence-electron chi connectivity index (χ1n) is 8.18. The van der Waals surface area contributed by atoms with E-state index in [9.17, 15) is 0 Å². The van der Waals surface area contributed by atoms with Gasteiger partial charge in [0.25, 0.3) is 0 Å². The Morgan fingerprint density at radius 1 is 1.23 bits per heavy atom. The molecule has 0 spiro atoms. The van der Waals surface area contributed by atoms with Crippen molar-refractivity contribution >= 4 is 20.9 Å². The molecule has 0 radical (unpaired) electrons. The Kier molecular flexibility index (Phi) is 5.21. The lowest BCUT2D eigenvalue weighted by molar-refractivity contribution is 0.115. The second-order valence-corrected chi connectivity index (χ2v) is 12.7. The van der Waals surface area contributed by atoms with Gasteiger partial charge in [0.05, 0.1) is 6.04 Å². The van der Waals surface area contributed by atoms with Crippen molar-refractivity contribution in [1.82, 2.24) is 9.78 Å². The van der Waals surface area contributed by atoms with Gasteiger partial charge in [0.2, 0.25) is 0 Å². The molecule has 1 aliphatic rings. The van der Waals surface area contributed by atoms with Crippen LogP contribution < -0.4 is 5.46 Å². The van der Waals surface area contributed by atoms with Crippen LogP contribution in [0.2, 0.25) is 18.1 Å². The summed E-state index contributed by atoms with van der Waals surface area (Å²) < 4.78 is 8.37. The first kappa shape index (κ1) is 17.7. The molecule has 0 amide bonds. The van der Waals surface area contributed by atoms with E-state index in [1.165, 1.54) is 6.20 Å². The highest BCUT2D eigenvalue weighted by Crippen LogP contribution is 2.40. The molecular weight excluding hydrogens is 295 g/mol. The molecule has 0 aliphatic heterocycles. The van der Waals surface area contributed by atoms with Crippen LogP contribution in [-0.2, 0) is 4.43 Å². The second-order valence-electron chi connectivity index (χ2n) is 7.94. The van der Waals surface area contributed by atoms with Crippen LogP contribution in [0.15, 0.2) is 12.4 Å². The van der Waals surface area contributed by atoms with Gasteiger partial charge in [-0.05, 0) is 43.8 Å². The maximum Gasteiger partial charge on any atom is 0.491 e. The topological polar surface area (TPSA) is 67.5 Å². The van der Waals surface area contributed by atoms with Crippen LogP contribution in [0.1, 0.15) is 52.5 Å². The third kappa shape index (κ3) is 4.01. The average molecular weight is 324 g/mol. The molecule has 2 N–H and O–H groups in total. The Labute approximate surface area is 135 Å². The Morgan fingerprint density at radius 2 is 1.82 bits per heavy atom. The monoisotopic (exact) mass is 324 g/mol. The molecule has 0 aromatic carbocycles. The molecule has 1 aromatic heterocycles. The second kappa shape index (κ2) is 6.47. The molecule has 0 saturated heterocycles. The molecule has 0 atom stereocenters. The van der Waals surface area contributed by atoms with Crippen LogP contribution in [0.25, 0.3) is 0 Å². The number of hydrogen-bond acceptors (Lipinski definition) is 4. The van der Waals surface area contributed by atoms with E-state index in [0.29, 0.717) is 17.6 Å². The van der Waals surface area contributed by atoms with E-state index in [2.05, 4.69) is 39.0 Å². The molecule has 1 saturated carbocycles. The maximum absolute atomic E-state index is 9.17. The zero-order valence-electron chi connectivity index (χ0n) is 14.4. The molecule has 5 nitrogen and oxygen atoms in total. The van der Waals surface area contributed by atoms with Gasteiger partial charge in [-0.3, -0.25) is 4.68 Å². The van der Waals surface area contributed by atoms with Gasteiger partial charge in [-0.25, -0.2) is 0 Å². The van der Waals surface area contributed by atoms with E-state index in [-0.39, 0.29) is 5.04 Å². The molecule has 1 heterocycles. The van der Waals surface area contributed by atoms with Gasteiger partial charge < -0.3 is 14.5 Å². The third-order valence-electron chi connectivity index (χ3n) is 5.20. The predicted octanol–water partition coefficient (Wildman–Crippen LogP) is 2.07. The van der Waals surface area contributed by atoms with Crippen molar-refractivity contribution in [3.05, 3.63) is 12.4 Å². The quantitative estimate of drug-likeness (QED) is 0.832. The molecule has 124 valence electrons. The summed E-state index contributed by atoms with van der Waals surface area (Å²) in [7, 11) is -3.13. The SMILES string of the molecule is CC(C)(C)[Si](C)(C)OC1CCC(n2cc(B(O)O)cn2)CC1. The van der Waals surface area contributed by atoms with Crippen molar-refractivity contribution in [3.8, 4) is 0 Å². The summed E-state index contributed by atoms with van der Waals surface area (Å²) in [5, 5.41) is 22.8. The van der Waals surface area contributed by atoms with E-state index in [4.69, 9.17) is 14.5 Å². The van der Waals surface area contributed by atoms with Gasteiger partial charge in [0.1, 0.15) is 0 Å². The minimum atomic E-state index is -1.69. The fraction of sp³-hybridized carbons (Fsp3) is 0.800. The highest BCUT2D eigenvalue weighted by atomic mass is 28.4. The van der Waals surface area contributed by atoms with E-state index < -0.39 is 15.4 Å². The highest BCUT2D eigenvalue weighted by molar-refractivity contribution is 6.74. The van der Waals surface area contributed by atoms with Crippen molar-refractivity contribution in [1.29, 1.82) is 0 Å². The van der Waals surface area contributed by atoms with Crippen molar-refractivity contribution < 1.29 is 14.5 Å². The zero-order chi connectivity index (χ0) is 16.5. The predicted molar refractivity (Wildman–Crippen MR) is 91.6 cm³/mol. The van der Waals surface area contributed by atoms with Crippen LogP contribution in [0.5, 0.6) is 0 Å². The van der Waals surface area contributed by atoms with Crippen LogP contribution in [0.4, 0.5) is 0 Å². The van der Waals surface area contributed by atoms with Crippen molar-refractivity contribution in [2.75, 3.05) is 0 Å². The standard InChI is InChI=1S/C15H29BN2O3Si/c1-15(2,3)22(4,5)21-14-8-6-13(7-9-14)18-11-12(10-17-18)16(19)20/h10-11,13-14,19-20H,6-9H2,1-5H3. The van der Waals surface area contributed by atoms with E-state index in [1.807, 2.05) is 4.68 Å². The summed E-state index contributed by atoms with van der Waals surface area (Å²) >= 11 is 0. The molecule has 1 aromatic rings. The average Bonchev–Trinajstić information content (AvgIpc) is 2.87. The lowest BCUT2D eigenvalue weighted by Crippen LogP contribution is -2.44. The summed E-state index contributed by atoms with van der Waals surface area (Å²) in [6.07, 6.45) is 7.79. The normalized spacial score (nSPS) is 23.6. The summed E-state index contributed by atoms with van der Waals surface area (Å²) in [6.45, 7) is 11.4. The van der Waals surface area contributed by atoms with Crippen molar-refractivity contribution in [2.24, 2.45) is 0 Å². The highest BCUT2D eigenvalue weighted by Gasteiger charge is 2.40. The van der Waals surface area contributed by atoms with Crippen molar-refractivity contribution in [3.63, 3.8) is 0 Å². The van der Waals surface area contributed by atoms with Gasteiger partial charge in [-0.2, -0.15) is 5.10 Å². The van der Waals surface area contributed by atoms with Gasteiger partial charge in [0.15, 0.2) is 8.32 Å². The fourth-order valence-corrected chi connectivity index (χ4v) is 4.13. The van der Waals surface area contributed by atoms with Crippen LogP contribution >= 0.6 is 0 Å². The zero-order valence-corrected chi connectivity index (χ0v) is 15.4. The fourth-order valence-electron chi connectivity index (χ4n) is 2.71. The Morgan fingerprint density at radius 3 is 2.27 bits per heavy atom. The number of aromatic nitrogens is 2. The molecule has 22 heavy (non-hydrogen) atoms. The largest absolute Gasteiger partial charge is 0.491 e. The lowest BCUT2D eigenvalue weighted by Gasteiger charge is -2.41. The number of nitrogens with zero attached hydrogens (tertiary/aromatic N) is 2. The molecule has 2 rings (SSSR count). The summed E-state index contributed by atoms with van der Waals surface area (Å²) in [5.41, 5.74) is 0.458. The van der Waals surface area contributed by atoms with Gasteiger partial charge in [-0.1, -0.05) is 20.8 Å². The molecule has 1 fully saturated rings. The van der Waals surface area contributed by atoms with Gasteiger partial charge in [0, 0.05) is 24.0 Å². The third-order valence-corrected chi connectivity index (χ3v) is 9.74. The van der Waals surface area contributed by atoms with Crippen LogP contribution in [0, 0.1) is 0 Å². The smallest absolute Gasteiger partial charge is 0.423 e. The first-order chi connectivity index (χ1) is 10.1. The van der Waals surface area contributed by atoms with Crippen LogP contribution in [0.3, 0.4) is 0 Å². The molecule has 0 bridgehead atoms. The van der Waals surface area contributed by atoms with Gasteiger partial charge in [-0.15, -0.1) is 0 Å². The Balaban J connectivity index is 1.90. The first-order valence-corrected chi connectivity index (χ1v) is 11.1. The van der Waals surface area contributed by atoms with Gasteiger partial charge >= 0.3 is 7.12 Å². The minimum Gasteiger partial charge on any atom is -0.423 e. The van der Waals surface area contributed by atoms with E-state index >= 15 is 0 Å². The van der Waals surface area contributed by atoms with E-state index in [0.717, 1.165) is 25.7 Å².